The SMILES string of the molecule is CNCC1CCCN(C(=O)c2ccc3c(c2)S(=O)(=O)c2ccccc2C3=O)C1. The number of sulfone groups is 1. The molecule has 0 bridgehead atoms. The number of nitrogens with zero attached hydrogens (tertiary/aromatic N) is 1. The smallest absolute Gasteiger partial charge is 0.253 e. The molecular weight excluding hydrogens is 376 g/mol. The molecule has 2 aliphatic heterocycles. The quantitative estimate of drug-likeness (QED) is 0.731. The molecule has 2 aromatic carbocycles. The maximum atomic E-state index is 13.0. The lowest BCUT2D eigenvalue weighted by atomic mass is 9.96. The van der Waals surface area contributed by atoms with Gasteiger partial charge in [-0.3, -0.25) is 9.59 Å². The van der Waals surface area contributed by atoms with Gasteiger partial charge in [0.2, 0.25) is 9.84 Å². The summed E-state index contributed by atoms with van der Waals surface area (Å²) in [5, 5.41) is 3.15. The number of ketones is 1. The van der Waals surface area contributed by atoms with Crippen molar-refractivity contribution in [2.45, 2.75) is 22.6 Å². The maximum Gasteiger partial charge on any atom is 0.253 e. The Hall–Kier alpha value is -2.51. The number of likely N-dealkylation sites (tertiary alicyclic amines) is 1. The second-order valence-corrected chi connectivity index (χ2v) is 9.24. The van der Waals surface area contributed by atoms with E-state index in [4.69, 9.17) is 0 Å². The lowest BCUT2D eigenvalue weighted by molar-refractivity contribution is 0.0673. The molecule has 146 valence electrons. The molecule has 1 N–H and O–H groups in total. The van der Waals surface area contributed by atoms with Crippen LogP contribution in [-0.4, -0.2) is 51.7 Å². The Labute approximate surface area is 164 Å². The van der Waals surface area contributed by atoms with Crippen molar-refractivity contribution in [1.82, 2.24) is 10.2 Å². The molecule has 4 rings (SSSR count). The molecular formula is C21H22N2O4S. The lowest BCUT2D eigenvalue weighted by Gasteiger charge is -2.33. The van der Waals surface area contributed by atoms with Crippen LogP contribution in [0.3, 0.4) is 0 Å². The number of carbonyl (C=O) groups is 2. The summed E-state index contributed by atoms with van der Waals surface area (Å²) in [7, 11) is -1.95. The van der Waals surface area contributed by atoms with Gasteiger partial charge in [-0.15, -0.1) is 0 Å². The van der Waals surface area contributed by atoms with Gasteiger partial charge < -0.3 is 10.2 Å². The van der Waals surface area contributed by atoms with Gasteiger partial charge in [-0.25, -0.2) is 8.42 Å². The predicted octanol–water partition coefficient (Wildman–Crippen LogP) is 2.14. The highest BCUT2D eigenvalue weighted by Crippen LogP contribution is 2.35. The Kier molecular flexibility index (Phi) is 4.81. The highest BCUT2D eigenvalue weighted by molar-refractivity contribution is 7.91. The van der Waals surface area contributed by atoms with Crippen molar-refractivity contribution in [3.63, 3.8) is 0 Å². The first kappa shape index (κ1) is 18.8. The Balaban J connectivity index is 1.70. The highest BCUT2D eigenvalue weighted by atomic mass is 32.2. The third-order valence-electron chi connectivity index (χ3n) is 5.48. The van der Waals surface area contributed by atoms with Crippen LogP contribution in [0.15, 0.2) is 52.3 Å². The van der Waals surface area contributed by atoms with E-state index in [-0.39, 0.29) is 32.6 Å². The number of nitrogens with one attached hydrogen (secondary N) is 1. The van der Waals surface area contributed by atoms with Gasteiger partial charge in [-0.05, 0) is 62.7 Å². The van der Waals surface area contributed by atoms with Gasteiger partial charge in [0.05, 0.1) is 9.79 Å². The number of rotatable bonds is 3. The summed E-state index contributed by atoms with van der Waals surface area (Å²) in [4.78, 5) is 27.4. The standard InChI is InChI=1S/C21H22N2O4S/c1-22-12-14-5-4-10-23(13-14)21(25)15-8-9-17-19(11-15)28(26,27)18-7-3-2-6-16(18)20(17)24/h2-3,6-9,11,14,22H,4-5,10,12-13H2,1H3. The molecule has 6 nitrogen and oxygen atoms in total. The van der Waals surface area contributed by atoms with Crippen LogP contribution in [0, 0.1) is 5.92 Å². The molecule has 0 aliphatic carbocycles. The Bertz CT molecular complexity index is 1060. The van der Waals surface area contributed by atoms with Crippen molar-refractivity contribution in [2.75, 3.05) is 26.7 Å². The minimum atomic E-state index is -3.84. The summed E-state index contributed by atoms with van der Waals surface area (Å²) < 4.78 is 26.1. The average Bonchev–Trinajstić information content (AvgIpc) is 2.72. The molecule has 7 heteroatoms. The molecule has 1 unspecified atom stereocenters. The number of hydrogen-bond donors (Lipinski definition) is 1. The van der Waals surface area contributed by atoms with Crippen molar-refractivity contribution in [3.8, 4) is 0 Å². The zero-order valence-electron chi connectivity index (χ0n) is 15.6. The number of hydrogen-bond acceptors (Lipinski definition) is 5. The molecule has 0 radical (unpaired) electrons. The van der Waals surface area contributed by atoms with E-state index in [1.807, 2.05) is 7.05 Å². The van der Waals surface area contributed by atoms with E-state index in [1.54, 1.807) is 23.1 Å². The third kappa shape index (κ3) is 3.04. The summed E-state index contributed by atoms with van der Waals surface area (Å²) in [6.45, 7) is 2.14. The van der Waals surface area contributed by atoms with Gasteiger partial charge in [0.25, 0.3) is 5.91 Å². The average molecular weight is 398 g/mol. The summed E-state index contributed by atoms with van der Waals surface area (Å²) in [5.74, 6) is -0.130. The summed E-state index contributed by atoms with van der Waals surface area (Å²) in [5.41, 5.74) is 0.613. The Morgan fingerprint density at radius 2 is 1.89 bits per heavy atom. The van der Waals surface area contributed by atoms with Gasteiger partial charge in [0, 0.05) is 29.8 Å². The summed E-state index contributed by atoms with van der Waals surface area (Å²) in [6, 6.07) is 10.6. The van der Waals surface area contributed by atoms with Crippen molar-refractivity contribution in [3.05, 3.63) is 59.2 Å². The molecule has 2 aromatic rings. The van der Waals surface area contributed by atoms with Crippen molar-refractivity contribution >= 4 is 21.5 Å². The Morgan fingerprint density at radius 3 is 2.68 bits per heavy atom. The number of benzene rings is 2. The van der Waals surface area contributed by atoms with Crippen molar-refractivity contribution < 1.29 is 18.0 Å². The van der Waals surface area contributed by atoms with E-state index < -0.39 is 9.84 Å². The van der Waals surface area contributed by atoms with Gasteiger partial charge in [-0.2, -0.15) is 0 Å². The van der Waals surface area contributed by atoms with Crippen LogP contribution in [0.1, 0.15) is 39.1 Å². The number of piperidine rings is 1. The van der Waals surface area contributed by atoms with E-state index in [1.165, 1.54) is 24.3 Å². The number of amides is 1. The van der Waals surface area contributed by atoms with Gasteiger partial charge in [-0.1, -0.05) is 12.1 Å². The molecule has 1 amide bonds. The summed E-state index contributed by atoms with van der Waals surface area (Å²) >= 11 is 0. The third-order valence-corrected chi connectivity index (χ3v) is 7.33. The maximum absolute atomic E-state index is 13.0. The van der Waals surface area contributed by atoms with Crippen LogP contribution in [0.5, 0.6) is 0 Å². The fourth-order valence-corrected chi connectivity index (χ4v) is 5.78. The fraction of sp³-hybridized carbons (Fsp3) is 0.333. The number of fused-ring (bicyclic) bond motifs is 2. The first-order valence-electron chi connectivity index (χ1n) is 9.40. The van der Waals surface area contributed by atoms with Crippen LogP contribution in [0.2, 0.25) is 0 Å². The first-order valence-corrected chi connectivity index (χ1v) is 10.9. The molecule has 2 heterocycles. The zero-order chi connectivity index (χ0) is 19.9. The second kappa shape index (κ2) is 7.14. The normalized spacial score (nSPS) is 20.4. The second-order valence-electron chi connectivity index (χ2n) is 7.36. The van der Waals surface area contributed by atoms with Crippen LogP contribution in [-0.2, 0) is 9.84 Å². The van der Waals surface area contributed by atoms with Gasteiger partial charge >= 0.3 is 0 Å². The van der Waals surface area contributed by atoms with Crippen LogP contribution < -0.4 is 5.32 Å². The Morgan fingerprint density at radius 1 is 1.14 bits per heavy atom. The molecule has 0 spiro atoms. The molecule has 0 aromatic heterocycles. The highest BCUT2D eigenvalue weighted by Gasteiger charge is 2.35. The monoisotopic (exact) mass is 398 g/mol. The topological polar surface area (TPSA) is 83.6 Å². The predicted molar refractivity (Wildman–Crippen MR) is 104 cm³/mol. The minimum Gasteiger partial charge on any atom is -0.338 e. The molecule has 0 saturated carbocycles. The largest absolute Gasteiger partial charge is 0.338 e. The van der Waals surface area contributed by atoms with E-state index in [9.17, 15) is 18.0 Å². The number of carbonyl (C=O) groups excluding carboxylic acids is 2. The molecule has 1 atom stereocenters. The zero-order valence-corrected chi connectivity index (χ0v) is 16.5. The van der Waals surface area contributed by atoms with Crippen molar-refractivity contribution in [2.24, 2.45) is 5.92 Å². The molecule has 2 aliphatic rings. The van der Waals surface area contributed by atoms with Gasteiger partial charge in [0.1, 0.15) is 0 Å². The van der Waals surface area contributed by atoms with Gasteiger partial charge in [0.15, 0.2) is 5.78 Å². The minimum absolute atomic E-state index is 0.00385. The lowest BCUT2D eigenvalue weighted by Crippen LogP contribution is -2.42. The van der Waals surface area contributed by atoms with E-state index in [0.717, 1.165) is 19.4 Å². The molecule has 1 saturated heterocycles. The molecule has 1 fully saturated rings. The van der Waals surface area contributed by atoms with E-state index in [2.05, 4.69) is 5.32 Å². The van der Waals surface area contributed by atoms with E-state index in [0.29, 0.717) is 24.6 Å². The van der Waals surface area contributed by atoms with Crippen LogP contribution in [0.25, 0.3) is 0 Å². The first-order chi connectivity index (χ1) is 13.4. The molecule has 28 heavy (non-hydrogen) atoms. The fourth-order valence-electron chi connectivity index (χ4n) is 4.10. The van der Waals surface area contributed by atoms with Crippen LogP contribution in [0.4, 0.5) is 0 Å². The van der Waals surface area contributed by atoms with Crippen LogP contribution >= 0.6 is 0 Å². The summed E-state index contributed by atoms with van der Waals surface area (Å²) in [6.07, 6.45) is 1.99. The van der Waals surface area contributed by atoms with Crippen molar-refractivity contribution in [1.29, 1.82) is 0 Å². The van der Waals surface area contributed by atoms with E-state index >= 15 is 0 Å².